The van der Waals surface area contributed by atoms with E-state index in [0.29, 0.717) is 12.1 Å². The molecule has 1 heterocycles. The summed E-state index contributed by atoms with van der Waals surface area (Å²) in [6.45, 7) is 7.74. The Morgan fingerprint density at radius 1 is 1.26 bits per heavy atom. The van der Waals surface area contributed by atoms with E-state index in [1.165, 1.54) is 11.1 Å². The normalized spacial score (nSPS) is 18.4. The highest BCUT2D eigenvalue weighted by molar-refractivity contribution is 5.73. The van der Waals surface area contributed by atoms with Gasteiger partial charge in [0, 0.05) is 32.1 Å². The second kappa shape index (κ2) is 6.20. The van der Waals surface area contributed by atoms with Crippen molar-refractivity contribution in [1.82, 2.24) is 10.2 Å². The first-order chi connectivity index (χ1) is 9.06. The smallest absolute Gasteiger partial charge is 0.219 e. The minimum absolute atomic E-state index is 0.199. The molecule has 0 spiro atoms. The fourth-order valence-corrected chi connectivity index (χ4v) is 2.67. The lowest BCUT2D eigenvalue weighted by Gasteiger charge is -2.33. The SMILES string of the molecule is CC(=O)N1CCC(N[C@H](C)c2ccc(C)cc2)CC1. The maximum Gasteiger partial charge on any atom is 0.219 e. The Bertz CT molecular complexity index is 419. The van der Waals surface area contributed by atoms with Crippen LogP contribution in [0.3, 0.4) is 0 Å². The van der Waals surface area contributed by atoms with Crippen molar-refractivity contribution in [3.8, 4) is 0 Å². The summed E-state index contributed by atoms with van der Waals surface area (Å²) in [7, 11) is 0. The first kappa shape index (κ1) is 14.1. The van der Waals surface area contributed by atoms with Gasteiger partial charge in [-0.05, 0) is 32.3 Å². The Hall–Kier alpha value is -1.35. The van der Waals surface area contributed by atoms with Gasteiger partial charge in [0.25, 0.3) is 0 Å². The van der Waals surface area contributed by atoms with E-state index in [1.54, 1.807) is 6.92 Å². The zero-order valence-electron chi connectivity index (χ0n) is 12.1. The van der Waals surface area contributed by atoms with E-state index in [9.17, 15) is 4.79 Å². The molecule has 1 atom stereocenters. The number of nitrogens with zero attached hydrogens (tertiary/aromatic N) is 1. The summed E-state index contributed by atoms with van der Waals surface area (Å²) in [6, 6.07) is 9.59. The summed E-state index contributed by atoms with van der Waals surface area (Å²) >= 11 is 0. The molecule has 1 N–H and O–H groups in total. The lowest BCUT2D eigenvalue weighted by atomic mass is 10.0. The van der Waals surface area contributed by atoms with E-state index in [1.807, 2.05) is 4.90 Å². The molecule has 1 aromatic carbocycles. The molecule has 104 valence electrons. The van der Waals surface area contributed by atoms with Crippen molar-refractivity contribution in [2.45, 2.75) is 45.7 Å². The second-order valence-electron chi connectivity index (χ2n) is 5.58. The number of carbonyl (C=O) groups is 1. The molecule has 0 bridgehead atoms. The standard InChI is InChI=1S/C16H24N2O/c1-12-4-6-15(7-5-12)13(2)17-16-8-10-18(11-9-16)14(3)19/h4-7,13,16-17H,8-11H2,1-3H3/t13-/m1/s1. The van der Waals surface area contributed by atoms with Crippen LogP contribution in [0.15, 0.2) is 24.3 Å². The summed E-state index contributed by atoms with van der Waals surface area (Å²) in [6.07, 6.45) is 2.10. The molecular formula is C16H24N2O. The van der Waals surface area contributed by atoms with Crippen LogP contribution >= 0.6 is 0 Å². The highest BCUT2D eigenvalue weighted by Crippen LogP contribution is 2.18. The molecular weight excluding hydrogens is 236 g/mol. The van der Waals surface area contributed by atoms with Gasteiger partial charge in [0.15, 0.2) is 0 Å². The summed E-state index contributed by atoms with van der Waals surface area (Å²) in [5.41, 5.74) is 2.63. The number of hydrogen-bond acceptors (Lipinski definition) is 2. The predicted octanol–water partition coefficient (Wildman–Crippen LogP) is 2.66. The topological polar surface area (TPSA) is 32.3 Å². The predicted molar refractivity (Wildman–Crippen MR) is 78.0 cm³/mol. The van der Waals surface area contributed by atoms with E-state index < -0.39 is 0 Å². The summed E-state index contributed by atoms with van der Waals surface area (Å²) in [4.78, 5) is 13.2. The summed E-state index contributed by atoms with van der Waals surface area (Å²) < 4.78 is 0. The Labute approximate surface area is 116 Å². The number of hydrogen-bond donors (Lipinski definition) is 1. The van der Waals surface area contributed by atoms with Crippen LogP contribution in [0.25, 0.3) is 0 Å². The highest BCUT2D eigenvalue weighted by atomic mass is 16.2. The average Bonchev–Trinajstić information content (AvgIpc) is 2.40. The minimum atomic E-state index is 0.199. The highest BCUT2D eigenvalue weighted by Gasteiger charge is 2.21. The average molecular weight is 260 g/mol. The van der Waals surface area contributed by atoms with Gasteiger partial charge in [0.05, 0.1) is 0 Å². The number of likely N-dealkylation sites (tertiary alicyclic amines) is 1. The van der Waals surface area contributed by atoms with E-state index in [2.05, 4.69) is 43.4 Å². The third-order valence-electron chi connectivity index (χ3n) is 4.00. The Balaban J connectivity index is 1.85. The number of benzene rings is 1. The van der Waals surface area contributed by atoms with Crippen molar-refractivity contribution in [3.05, 3.63) is 35.4 Å². The molecule has 3 heteroatoms. The Morgan fingerprint density at radius 2 is 1.84 bits per heavy atom. The molecule has 1 saturated heterocycles. The number of aryl methyl sites for hydroxylation is 1. The second-order valence-corrected chi connectivity index (χ2v) is 5.58. The van der Waals surface area contributed by atoms with Crippen LogP contribution < -0.4 is 5.32 Å². The van der Waals surface area contributed by atoms with Gasteiger partial charge in [-0.3, -0.25) is 4.79 Å². The zero-order chi connectivity index (χ0) is 13.8. The van der Waals surface area contributed by atoms with Crippen molar-refractivity contribution < 1.29 is 4.79 Å². The first-order valence-electron chi connectivity index (χ1n) is 7.14. The number of piperidine rings is 1. The van der Waals surface area contributed by atoms with Gasteiger partial charge >= 0.3 is 0 Å². The third kappa shape index (κ3) is 3.80. The van der Waals surface area contributed by atoms with E-state index >= 15 is 0 Å². The van der Waals surface area contributed by atoms with Crippen LogP contribution in [0.4, 0.5) is 0 Å². The van der Waals surface area contributed by atoms with Gasteiger partial charge in [0.1, 0.15) is 0 Å². The van der Waals surface area contributed by atoms with Crippen LogP contribution in [0.5, 0.6) is 0 Å². The lowest BCUT2D eigenvalue weighted by molar-refractivity contribution is -0.129. The van der Waals surface area contributed by atoms with Gasteiger partial charge in [-0.2, -0.15) is 0 Å². The van der Waals surface area contributed by atoms with Gasteiger partial charge in [-0.1, -0.05) is 29.8 Å². The van der Waals surface area contributed by atoms with E-state index in [0.717, 1.165) is 25.9 Å². The Morgan fingerprint density at radius 3 is 2.37 bits per heavy atom. The van der Waals surface area contributed by atoms with Gasteiger partial charge in [-0.15, -0.1) is 0 Å². The number of nitrogens with one attached hydrogen (secondary N) is 1. The molecule has 19 heavy (non-hydrogen) atoms. The van der Waals surface area contributed by atoms with E-state index in [-0.39, 0.29) is 5.91 Å². The molecule has 1 fully saturated rings. The maximum atomic E-state index is 11.3. The minimum Gasteiger partial charge on any atom is -0.343 e. The molecule has 0 aromatic heterocycles. The number of rotatable bonds is 3. The van der Waals surface area contributed by atoms with Crippen molar-refractivity contribution in [1.29, 1.82) is 0 Å². The summed E-state index contributed by atoms with van der Waals surface area (Å²) in [5, 5.41) is 3.68. The molecule has 0 aliphatic carbocycles. The monoisotopic (exact) mass is 260 g/mol. The van der Waals surface area contributed by atoms with Crippen LogP contribution in [0, 0.1) is 6.92 Å². The van der Waals surface area contributed by atoms with Crippen molar-refractivity contribution in [3.63, 3.8) is 0 Å². The quantitative estimate of drug-likeness (QED) is 0.906. The molecule has 2 rings (SSSR count). The van der Waals surface area contributed by atoms with Crippen LogP contribution in [0.1, 0.15) is 43.9 Å². The fraction of sp³-hybridized carbons (Fsp3) is 0.562. The molecule has 1 aromatic rings. The first-order valence-corrected chi connectivity index (χ1v) is 7.14. The largest absolute Gasteiger partial charge is 0.343 e. The molecule has 1 aliphatic heterocycles. The third-order valence-corrected chi connectivity index (χ3v) is 4.00. The van der Waals surface area contributed by atoms with Gasteiger partial charge in [0.2, 0.25) is 5.91 Å². The van der Waals surface area contributed by atoms with Gasteiger partial charge < -0.3 is 10.2 Å². The number of amides is 1. The molecule has 0 unspecified atom stereocenters. The van der Waals surface area contributed by atoms with Crippen molar-refractivity contribution in [2.24, 2.45) is 0 Å². The van der Waals surface area contributed by atoms with Crippen molar-refractivity contribution >= 4 is 5.91 Å². The fourth-order valence-electron chi connectivity index (χ4n) is 2.67. The molecule has 1 amide bonds. The maximum absolute atomic E-state index is 11.3. The van der Waals surface area contributed by atoms with Gasteiger partial charge in [-0.25, -0.2) is 0 Å². The van der Waals surface area contributed by atoms with Crippen LogP contribution in [-0.2, 0) is 4.79 Å². The zero-order valence-corrected chi connectivity index (χ0v) is 12.1. The van der Waals surface area contributed by atoms with E-state index in [4.69, 9.17) is 0 Å². The van der Waals surface area contributed by atoms with Crippen molar-refractivity contribution in [2.75, 3.05) is 13.1 Å². The molecule has 1 aliphatic rings. The lowest BCUT2D eigenvalue weighted by Crippen LogP contribution is -2.44. The molecule has 0 radical (unpaired) electrons. The Kier molecular flexibility index (Phi) is 4.59. The molecule has 3 nitrogen and oxygen atoms in total. The molecule has 0 saturated carbocycles. The van der Waals surface area contributed by atoms with Crippen LogP contribution in [0.2, 0.25) is 0 Å². The number of carbonyl (C=O) groups excluding carboxylic acids is 1. The van der Waals surface area contributed by atoms with Crippen LogP contribution in [-0.4, -0.2) is 29.9 Å². The summed E-state index contributed by atoms with van der Waals surface area (Å²) in [5.74, 6) is 0.199.